The summed E-state index contributed by atoms with van der Waals surface area (Å²) in [5, 5.41) is 3.18. The second kappa shape index (κ2) is 5.88. The predicted molar refractivity (Wildman–Crippen MR) is 83.8 cm³/mol. The number of carbonyl (C=O) groups excluding carboxylic acids is 1. The Hall–Kier alpha value is -1.22. The molecule has 1 atom stereocenters. The standard InChI is InChI=1S/C17H22ClNO2/c1-12-6-8-17(11-18,9-7-12)19-16(20)15-10-13-4-2-3-5-14(13)21-15/h2-5,12,15H,6-11H2,1H3,(H,19,20). The van der Waals surface area contributed by atoms with Gasteiger partial charge in [-0.25, -0.2) is 0 Å². The maximum atomic E-state index is 12.5. The number of rotatable bonds is 3. The Morgan fingerprint density at radius 2 is 2.10 bits per heavy atom. The minimum atomic E-state index is -0.415. The van der Waals surface area contributed by atoms with Gasteiger partial charge in [0.15, 0.2) is 6.10 Å². The Morgan fingerprint density at radius 1 is 1.38 bits per heavy atom. The molecule has 1 aromatic rings. The maximum absolute atomic E-state index is 12.5. The highest BCUT2D eigenvalue weighted by Gasteiger charge is 2.38. The molecule has 1 unspecified atom stereocenters. The average Bonchev–Trinajstić information content (AvgIpc) is 2.94. The van der Waals surface area contributed by atoms with Gasteiger partial charge in [0.25, 0.3) is 5.91 Å². The van der Waals surface area contributed by atoms with Crippen LogP contribution in [0.4, 0.5) is 0 Å². The molecule has 114 valence electrons. The van der Waals surface area contributed by atoms with Crippen LogP contribution in [-0.4, -0.2) is 23.4 Å². The first-order valence-electron chi connectivity index (χ1n) is 7.74. The molecule has 1 aliphatic carbocycles. The fourth-order valence-electron chi connectivity index (χ4n) is 3.28. The summed E-state index contributed by atoms with van der Waals surface area (Å²) in [4.78, 5) is 12.5. The molecule has 21 heavy (non-hydrogen) atoms. The first-order valence-corrected chi connectivity index (χ1v) is 8.28. The molecular formula is C17H22ClNO2. The van der Waals surface area contributed by atoms with E-state index in [1.54, 1.807) is 0 Å². The Balaban J connectivity index is 1.64. The molecule has 0 radical (unpaired) electrons. The van der Waals surface area contributed by atoms with Crippen molar-refractivity contribution in [3.05, 3.63) is 29.8 Å². The molecule has 1 fully saturated rings. The molecule has 2 aliphatic rings. The lowest BCUT2D eigenvalue weighted by molar-refractivity contribution is -0.129. The van der Waals surface area contributed by atoms with Gasteiger partial charge in [0.2, 0.25) is 0 Å². The van der Waals surface area contributed by atoms with Crippen molar-refractivity contribution in [2.24, 2.45) is 5.92 Å². The SMILES string of the molecule is CC1CCC(CCl)(NC(=O)C2Cc3ccccc3O2)CC1. The van der Waals surface area contributed by atoms with Crippen molar-refractivity contribution in [1.29, 1.82) is 0 Å². The number of nitrogens with one attached hydrogen (secondary N) is 1. The Bertz CT molecular complexity index is 498. The van der Waals surface area contributed by atoms with E-state index in [1.165, 1.54) is 0 Å². The van der Waals surface area contributed by atoms with Gasteiger partial charge in [0, 0.05) is 12.3 Å². The van der Waals surface area contributed by atoms with Gasteiger partial charge in [-0.3, -0.25) is 4.79 Å². The van der Waals surface area contributed by atoms with Crippen LogP contribution >= 0.6 is 11.6 Å². The largest absolute Gasteiger partial charge is 0.480 e. The lowest BCUT2D eigenvalue weighted by Crippen LogP contribution is -2.55. The summed E-state index contributed by atoms with van der Waals surface area (Å²) in [6, 6.07) is 7.84. The van der Waals surface area contributed by atoms with E-state index in [4.69, 9.17) is 16.3 Å². The second-order valence-corrected chi connectivity index (χ2v) is 6.77. The summed E-state index contributed by atoms with van der Waals surface area (Å²) in [5.41, 5.74) is 0.860. The number of alkyl halides is 1. The lowest BCUT2D eigenvalue weighted by atomic mass is 9.78. The number of fused-ring (bicyclic) bond motifs is 1. The van der Waals surface area contributed by atoms with Crippen molar-refractivity contribution in [1.82, 2.24) is 5.32 Å². The molecule has 0 spiro atoms. The smallest absolute Gasteiger partial charge is 0.261 e. The number of ether oxygens (including phenoxy) is 1. The van der Waals surface area contributed by atoms with E-state index >= 15 is 0 Å². The summed E-state index contributed by atoms with van der Waals surface area (Å²) in [7, 11) is 0. The van der Waals surface area contributed by atoms with Crippen LogP contribution in [0.5, 0.6) is 5.75 Å². The Morgan fingerprint density at radius 3 is 2.76 bits per heavy atom. The van der Waals surface area contributed by atoms with Crippen molar-refractivity contribution in [2.75, 3.05) is 5.88 Å². The van der Waals surface area contributed by atoms with Crippen molar-refractivity contribution >= 4 is 17.5 Å². The highest BCUT2D eigenvalue weighted by molar-refractivity contribution is 6.18. The first kappa shape index (κ1) is 14.7. The molecule has 0 saturated heterocycles. The number of carbonyl (C=O) groups is 1. The summed E-state index contributed by atoms with van der Waals surface area (Å²) in [6.45, 7) is 2.26. The first-order chi connectivity index (χ1) is 10.1. The van der Waals surface area contributed by atoms with E-state index in [9.17, 15) is 4.79 Å². The third-order valence-corrected chi connectivity index (χ3v) is 5.33. The minimum absolute atomic E-state index is 0.0265. The minimum Gasteiger partial charge on any atom is -0.480 e. The van der Waals surface area contributed by atoms with Crippen LogP contribution in [0.2, 0.25) is 0 Å². The van der Waals surface area contributed by atoms with Crippen LogP contribution in [0.3, 0.4) is 0 Å². The van der Waals surface area contributed by atoms with Gasteiger partial charge >= 0.3 is 0 Å². The quantitative estimate of drug-likeness (QED) is 0.870. The van der Waals surface area contributed by atoms with Crippen LogP contribution in [0, 0.1) is 5.92 Å². The third kappa shape index (κ3) is 3.03. The topological polar surface area (TPSA) is 38.3 Å². The van der Waals surface area contributed by atoms with Gasteiger partial charge in [-0.1, -0.05) is 25.1 Å². The van der Waals surface area contributed by atoms with Crippen molar-refractivity contribution in [2.45, 2.75) is 50.7 Å². The number of para-hydroxylation sites is 1. The predicted octanol–water partition coefficient (Wildman–Crippen LogP) is 3.29. The van der Waals surface area contributed by atoms with Gasteiger partial charge in [0.05, 0.1) is 5.54 Å². The van der Waals surface area contributed by atoms with Gasteiger partial charge in [-0.2, -0.15) is 0 Å². The van der Waals surface area contributed by atoms with Crippen LogP contribution in [-0.2, 0) is 11.2 Å². The normalized spacial score (nSPS) is 31.3. The van der Waals surface area contributed by atoms with E-state index in [2.05, 4.69) is 12.2 Å². The molecule has 3 nitrogen and oxygen atoms in total. The Labute approximate surface area is 131 Å². The third-order valence-electron chi connectivity index (χ3n) is 4.82. The molecule has 1 aromatic carbocycles. The lowest BCUT2D eigenvalue weighted by Gasteiger charge is -2.39. The second-order valence-electron chi connectivity index (χ2n) is 6.50. The van der Waals surface area contributed by atoms with Gasteiger partial charge < -0.3 is 10.1 Å². The number of halogens is 1. The fraction of sp³-hybridized carbons (Fsp3) is 0.588. The molecule has 1 saturated carbocycles. The van der Waals surface area contributed by atoms with E-state index < -0.39 is 6.10 Å². The molecule has 4 heteroatoms. The van der Waals surface area contributed by atoms with Crippen LogP contribution in [0.1, 0.15) is 38.2 Å². The van der Waals surface area contributed by atoms with E-state index in [0.29, 0.717) is 12.3 Å². The highest BCUT2D eigenvalue weighted by Crippen LogP contribution is 2.34. The van der Waals surface area contributed by atoms with Gasteiger partial charge in [-0.15, -0.1) is 11.6 Å². The molecular weight excluding hydrogens is 286 g/mol. The van der Waals surface area contributed by atoms with Gasteiger partial charge in [0.1, 0.15) is 5.75 Å². The van der Waals surface area contributed by atoms with Crippen LogP contribution in [0.25, 0.3) is 0 Å². The monoisotopic (exact) mass is 307 g/mol. The number of hydrogen-bond acceptors (Lipinski definition) is 2. The molecule has 0 aromatic heterocycles. The van der Waals surface area contributed by atoms with E-state index in [1.807, 2.05) is 24.3 Å². The van der Waals surface area contributed by atoms with Crippen molar-refractivity contribution in [3.8, 4) is 5.75 Å². The Kier molecular flexibility index (Phi) is 4.12. The molecule has 0 bridgehead atoms. The molecule has 1 aliphatic heterocycles. The van der Waals surface area contributed by atoms with Crippen LogP contribution < -0.4 is 10.1 Å². The number of benzene rings is 1. The zero-order valence-electron chi connectivity index (χ0n) is 12.4. The van der Waals surface area contributed by atoms with Crippen LogP contribution in [0.15, 0.2) is 24.3 Å². The summed E-state index contributed by atoms with van der Waals surface area (Å²) < 4.78 is 5.77. The zero-order chi connectivity index (χ0) is 14.9. The van der Waals surface area contributed by atoms with Crippen molar-refractivity contribution in [3.63, 3.8) is 0 Å². The van der Waals surface area contributed by atoms with E-state index in [0.717, 1.165) is 42.9 Å². The number of hydrogen-bond donors (Lipinski definition) is 1. The fourth-order valence-corrected chi connectivity index (χ4v) is 3.61. The molecule has 1 heterocycles. The summed E-state index contributed by atoms with van der Waals surface area (Å²) >= 11 is 6.17. The molecule has 3 rings (SSSR count). The van der Waals surface area contributed by atoms with E-state index in [-0.39, 0.29) is 11.4 Å². The highest BCUT2D eigenvalue weighted by atomic mass is 35.5. The molecule has 1 N–H and O–H groups in total. The maximum Gasteiger partial charge on any atom is 0.261 e. The van der Waals surface area contributed by atoms with Gasteiger partial charge in [-0.05, 0) is 43.2 Å². The number of amides is 1. The van der Waals surface area contributed by atoms with Crippen molar-refractivity contribution < 1.29 is 9.53 Å². The average molecular weight is 308 g/mol. The summed E-state index contributed by atoms with van der Waals surface area (Å²) in [6.07, 6.45) is 4.40. The zero-order valence-corrected chi connectivity index (χ0v) is 13.2. The summed E-state index contributed by atoms with van der Waals surface area (Å²) in [5.74, 6) is 2.01. The molecule has 1 amide bonds.